The summed E-state index contributed by atoms with van der Waals surface area (Å²) in [6, 6.07) is 2.41. The van der Waals surface area contributed by atoms with Crippen molar-refractivity contribution in [3.05, 3.63) is 27.7 Å². The molecule has 1 aliphatic heterocycles. The molecule has 1 aromatic rings. The number of hydrogen-bond donors (Lipinski definition) is 2. The van der Waals surface area contributed by atoms with Crippen LogP contribution < -0.4 is 4.72 Å². The molecule has 2 fully saturated rings. The van der Waals surface area contributed by atoms with Crippen LogP contribution in [0.15, 0.2) is 12.1 Å². The molecule has 0 spiro atoms. The number of halogens is 2. The lowest BCUT2D eigenvalue weighted by molar-refractivity contribution is 0.0700. The molecule has 1 aliphatic carbocycles. The number of carbonyl (C=O) groups is 1. The van der Waals surface area contributed by atoms with Crippen LogP contribution in [0.2, 0.25) is 10.0 Å². The van der Waals surface area contributed by atoms with Crippen LogP contribution in [0.1, 0.15) is 36.0 Å². The van der Waals surface area contributed by atoms with E-state index in [0.717, 1.165) is 0 Å². The van der Waals surface area contributed by atoms with Gasteiger partial charge in [-0.05, 0) is 37.8 Å². The smallest absolute Gasteiger partial charge is 0.257 e. The van der Waals surface area contributed by atoms with Crippen LogP contribution in [0, 0.1) is 0 Å². The molecular formula is C15H18Cl2N2O4S. The fourth-order valence-electron chi connectivity index (χ4n) is 2.86. The monoisotopic (exact) mass is 392 g/mol. The molecule has 6 nitrogen and oxygen atoms in total. The van der Waals surface area contributed by atoms with E-state index in [2.05, 4.69) is 4.72 Å². The Bertz CT molecular complexity index is 765. The topological polar surface area (TPSA) is 86.7 Å². The van der Waals surface area contributed by atoms with Gasteiger partial charge in [0.25, 0.3) is 5.91 Å². The van der Waals surface area contributed by atoms with Gasteiger partial charge in [-0.15, -0.1) is 0 Å². The molecule has 3 rings (SSSR count). The minimum absolute atomic E-state index is 0.00819. The predicted octanol–water partition coefficient (Wildman–Crippen LogP) is 2.39. The highest BCUT2D eigenvalue weighted by Crippen LogP contribution is 2.33. The maximum atomic E-state index is 12.7. The lowest BCUT2D eigenvalue weighted by Gasteiger charge is -2.33. The summed E-state index contributed by atoms with van der Waals surface area (Å²) in [7, 11) is -3.30. The molecule has 1 aromatic carbocycles. The van der Waals surface area contributed by atoms with Crippen molar-refractivity contribution in [1.29, 1.82) is 0 Å². The molecular weight excluding hydrogens is 375 g/mol. The zero-order chi connectivity index (χ0) is 17.5. The summed E-state index contributed by atoms with van der Waals surface area (Å²) in [5.41, 5.74) is 0.0261. The van der Waals surface area contributed by atoms with Crippen molar-refractivity contribution >= 4 is 39.1 Å². The third-order valence-corrected chi connectivity index (χ3v) is 6.78. The van der Waals surface area contributed by atoms with Gasteiger partial charge >= 0.3 is 0 Å². The molecule has 2 N–H and O–H groups in total. The minimum atomic E-state index is -3.30. The van der Waals surface area contributed by atoms with E-state index in [4.69, 9.17) is 23.2 Å². The standard InChI is InChI=1S/C15H18Cl2N2O4S/c16-9-6-12(14(20)13(17)7-9)15(21)19-5-1-2-10(8-19)18-24(22,23)11-3-4-11/h6-7,10-11,18,20H,1-5,8H2. The number of benzene rings is 1. The quantitative estimate of drug-likeness (QED) is 0.823. The van der Waals surface area contributed by atoms with Gasteiger partial charge in [0.15, 0.2) is 0 Å². The Morgan fingerprint density at radius 1 is 1.25 bits per heavy atom. The van der Waals surface area contributed by atoms with E-state index < -0.39 is 15.9 Å². The maximum absolute atomic E-state index is 12.7. The van der Waals surface area contributed by atoms with E-state index in [1.54, 1.807) is 0 Å². The Labute approximate surface area is 150 Å². The summed E-state index contributed by atoms with van der Waals surface area (Å²) in [5, 5.41) is 9.98. The van der Waals surface area contributed by atoms with Gasteiger partial charge in [0.2, 0.25) is 10.0 Å². The Balaban J connectivity index is 1.74. The highest BCUT2D eigenvalue weighted by molar-refractivity contribution is 7.90. The number of likely N-dealkylation sites (tertiary alicyclic amines) is 1. The van der Waals surface area contributed by atoms with E-state index in [0.29, 0.717) is 32.2 Å². The first kappa shape index (κ1) is 17.8. The molecule has 24 heavy (non-hydrogen) atoms. The zero-order valence-corrected chi connectivity index (χ0v) is 15.2. The van der Waals surface area contributed by atoms with Crippen molar-refractivity contribution in [3.8, 4) is 5.75 Å². The lowest BCUT2D eigenvalue weighted by Crippen LogP contribution is -2.50. The summed E-state index contributed by atoms with van der Waals surface area (Å²) in [6.45, 7) is 0.748. The van der Waals surface area contributed by atoms with Crippen molar-refractivity contribution in [2.75, 3.05) is 13.1 Å². The van der Waals surface area contributed by atoms with Crippen LogP contribution in [0.4, 0.5) is 0 Å². The fraction of sp³-hybridized carbons (Fsp3) is 0.533. The Kier molecular flexibility index (Phi) is 4.97. The number of piperidine rings is 1. The fourth-order valence-corrected chi connectivity index (χ4v) is 4.96. The van der Waals surface area contributed by atoms with Gasteiger partial charge in [0.1, 0.15) is 5.75 Å². The molecule has 132 valence electrons. The molecule has 1 amide bonds. The summed E-state index contributed by atoms with van der Waals surface area (Å²) in [6.07, 6.45) is 2.75. The van der Waals surface area contributed by atoms with Crippen molar-refractivity contribution in [3.63, 3.8) is 0 Å². The van der Waals surface area contributed by atoms with Crippen molar-refractivity contribution in [2.45, 2.75) is 37.0 Å². The molecule has 0 radical (unpaired) electrons. The van der Waals surface area contributed by atoms with Gasteiger partial charge in [-0.25, -0.2) is 13.1 Å². The van der Waals surface area contributed by atoms with E-state index in [1.165, 1.54) is 17.0 Å². The van der Waals surface area contributed by atoms with Gasteiger partial charge in [-0.2, -0.15) is 0 Å². The van der Waals surface area contributed by atoms with Gasteiger partial charge in [0, 0.05) is 24.2 Å². The average molecular weight is 393 g/mol. The van der Waals surface area contributed by atoms with Crippen LogP contribution in [-0.4, -0.2) is 48.7 Å². The number of rotatable bonds is 4. The summed E-state index contributed by atoms with van der Waals surface area (Å²) in [5.74, 6) is -0.723. The van der Waals surface area contributed by atoms with E-state index in [-0.39, 0.29) is 39.2 Å². The van der Waals surface area contributed by atoms with Gasteiger partial charge in [-0.1, -0.05) is 23.2 Å². The number of nitrogens with one attached hydrogen (secondary N) is 1. The molecule has 0 aromatic heterocycles. The highest BCUT2D eigenvalue weighted by atomic mass is 35.5. The number of phenolic OH excluding ortho intramolecular Hbond substituents is 1. The predicted molar refractivity (Wildman–Crippen MR) is 92.1 cm³/mol. The Morgan fingerprint density at radius 2 is 1.96 bits per heavy atom. The van der Waals surface area contributed by atoms with Crippen molar-refractivity contribution < 1.29 is 18.3 Å². The third-order valence-electron chi connectivity index (χ3n) is 4.26. The van der Waals surface area contributed by atoms with E-state index >= 15 is 0 Å². The molecule has 0 bridgehead atoms. The first-order valence-corrected chi connectivity index (χ1v) is 10.1. The van der Waals surface area contributed by atoms with Crippen molar-refractivity contribution in [2.24, 2.45) is 0 Å². The number of nitrogens with zero attached hydrogens (tertiary/aromatic N) is 1. The summed E-state index contributed by atoms with van der Waals surface area (Å²) < 4.78 is 26.8. The molecule has 1 atom stereocenters. The number of carbonyl (C=O) groups excluding carboxylic acids is 1. The molecule has 9 heteroatoms. The van der Waals surface area contributed by atoms with Crippen LogP contribution in [0.25, 0.3) is 0 Å². The van der Waals surface area contributed by atoms with Gasteiger partial charge < -0.3 is 10.0 Å². The molecule has 1 saturated heterocycles. The van der Waals surface area contributed by atoms with Crippen LogP contribution in [-0.2, 0) is 10.0 Å². The second-order valence-corrected chi connectivity index (χ2v) is 9.07. The average Bonchev–Trinajstić information content (AvgIpc) is 3.35. The minimum Gasteiger partial charge on any atom is -0.506 e. The van der Waals surface area contributed by atoms with Gasteiger partial charge in [-0.3, -0.25) is 4.79 Å². The van der Waals surface area contributed by atoms with Crippen LogP contribution in [0.3, 0.4) is 0 Å². The molecule has 1 heterocycles. The largest absolute Gasteiger partial charge is 0.506 e. The van der Waals surface area contributed by atoms with Crippen molar-refractivity contribution in [1.82, 2.24) is 9.62 Å². The Hall–Kier alpha value is -1.02. The second kappa shape index (κ2) is 6.71. The van der Waals surface area contributed by atoms with Crippen LogP contribution >= 0.6 is 23.2 Å². The van der Waals surface area contributed by atoms with Gasteiger partial charge in [0.05, 0.1) is 15.8 Å². The lowest BCUT2D eigenvalue weighted by atomic mass is 10.0. The molecule has 1 saturated carbocycles. The maximum Gasteiger partial charge on any atom is 0.257 e. The first-order chi connectivity index (χ1) is 11.3. The highest BCUT2D eigenvalue weighted by Gasteiger charge is 2.38. The molecule has 2 aliphatic rings. The number of phenols is 1. The zero-order valence-electron chi connectivity index (χ0n) is 12.8. The second-order valence-electron chi connectivity index (χ2n) is 6.24. The van der Waals surface area contributed by atoms with E-state index in [9.17, 15) is 18.3 Å². The SMILES string of the molecule is O=C(c1cc(Cl)cc(Cl)c1O)N1CCCC(NS(=O)(=O)C2CC2)C1. The number of aromatic hydroxyl groups is 1. The number of sulfonamides is 1. The summed E-state index contributed by atoms with van der Waals surface area (Å²) >= 11 is 11.8. The Morgan fingerprint density at radius 3 is 2.62 bits per heavy atom. The number of amides is 1. The third kappa shape index (κ3) is 3.79. The van der Waals surface area contributed by atoms with Crippen LogP contribution in [0.5, 0.6) is 5.75 Å². The normalized spacial score (nSPS) is 21.8. The summed E-state index contributed by atoms with van der Waals surface area (Å²) in [4.78, 5) is 14.2. The molecule has 1 unspecified atom stereocenters. The van der Waals surface area contributed by atoms with E-state index in [1.807, 2.05) is 0 Å². The first-order valence-electron chi connectivity index (χ1n) is 7.76. The number of hydrogen-bond acceptors (Lipinski definition) is 4.